The van der Waals surface area contributed by atoms with Crippen molar-refractivity contribution in [1.82, 2.24) is 4.72 Å². The zero-order chi connectivity index (χ0) is 9.90. The van der Waals surface area contributed by atoms with Gasteiger partial charge in [-0.3, -0.25) is 0 Å². The third-order valence-corrected chi connectivity index (χ3v) is 3.86. The van der Waals surface area contributed by atoms with Crippen molar-refractivity contribution in [3.8, 4) is 0 Å². The van der Waals surface area contributed by atoms with Crippen LogP contribution in [0.1, 0.15) is 26.2 Å². The molecule has 0 aliphatic heterocycles. The minimum absolute atomic E-state index is 0.161. The first-order valence-electron chi connectivity index (χ1n) is 4.73. The van der Waals surface area contributed by atoms with Crippen LogP contribution < -0.4 is 10.5 Å². The van der Waals surface area contributed by atoms with Crippen LogP contribution >= 0.6 is 0 Å². The Morgan fingerprint density at radius 1 is 1.46 bits per heavy atom. The first-order chi connectivity index (χ1) is 6.03. The molecule has 3 N–H and O–H groups in total. The van der Waals surface area contributed by atoms with E-state index >= 15 is 0 Å². The lowest BCUT2D eigenvalue weighted by molar-refractivity contribution is 0.270. The van der Waals surface area contributed by atoms with E-state index in [1.54, 1.807) is 0 Å². The van der Waals surface area contributed by atoms with E-state index in [1.807, 2.05) is 0 Å². The zero-order valence-corrected chi connectivity index (χ0v) is 8.81. The molecule has 4 nitrogen and oxygen atoms in total. The fourth-order valence-electron chi connectivity index (χ4n) is 1.58. The van der Waals surface area contributed by atoms with Gasteiger partial charge in [0.25, 0.3) is 0 Å². The average molecular weight is 206 g/mol. The van der Waals surface area contributed by atoms with E-state index in [4.69, 9.17) is 5.73 Å². The van der Waals surface area contributed by atoms with Gasteiger partial charge in [0, 0.05) is 6.04 Å². The topological polar surface area (TPSA) is 72.2 Å². The van der Waals surface area contributed by atoms with E-state index in [-0.39, 0.29) is 11.8 Å². The summed E-state index contributed by atoms with van der Waals surface area (Å²) >= 11 is 0. The van der Waals surface area contributed by atoms with Gasteiger partial charge in [0.05, 0.1) is 5.75 Å². The monoisotopic (exact) mass is 206 g/mol. The summed E-state index contributed by atoms with van der Waals surface area (Å²) in [5, 5.41) is 0. The Labute approximate surface area is 79.9 Å². The SMILES string of the molecule is CC1CC(NS(=O)(=O)CCCN)C1. The molecule has 1 rings (SSSR count). The van der Waals surface area contributed by atoms with Gasteiger partial charge < -0.3 is 5.73 Å². The van der Waals surface area contributed by atoms with Gasteiger partial charge >= 0.3 is 0 Å². The second kappa shape index (κ2) is 4.39. The molecule has 0 atom stereocenters. The Bertz CT molecular complexity index is 245. The van der Waals surface area contributed by atoms with Gasteiger partial charge in [-0.1, -0.05) is 6.92 Å². The Balaban J connectivity index is 2.26. The molecule has 0 heterocycles. The van der Waals surface area contributed by atoms with E-state index in [0.29, 0.717) is 18.9 Å². The van der Waals surface area contributed by atoms with Crippen LogP contribution in [0.3, 0.4) is 0 Å². The van der Waals surface area contributed by atoms with Gasteiger partial charge in [-0.05, 0) is 31.7 Å². The van der Waals surface area contributed by atoms with Crippen molar-refractivity contribution >= 4 is 10.0 Å². The molecule has 1 aliphatic carbocycles. The average Bonchev–Trinajstić information content (AvgIpc) is 1.98. The lowest BCUT2D eigenvalue weighted by Gasteiger charge is -2.32. The summed E-state index contributed by atoms with van der Waals surface area (Å²) in [4.78, 5) is 0. The van der Waals surface area contributed by atoms with Gasteiger partial charge in [-0.25, -0.2) is 13.1 Å². The van der Waals surface area contributed by atoms with Gasteiger partial charge in [0.1, 0.15) is 0 Å². The zero-order valence-electron chi connectivity index (χ0n) is 7.99. The highest BCUT2D eigenvalue weighted by molar-refractivity contribution is 7.89. The number of hydrogen-bond donors (Lipinski definition) is 2. The fraction of sp³-hybridized carbons (Fsp3) is 1.00. The molecule has 78 valence electrons. The highest BCUT2D eigenvalue weighted by Gasteiger charge is 2.28. The van der Waals surface area contributed by atoms with Crippen molar-refractivity contribution in [3.05, 3.63) is 0 Å². The van der Waals surface area contributed by atoms with Crippen LogP contribution in [-0.2, 0) is 10.0 Å². The Morgan fingerprint density at radius 3 is 2.54 bits per heavy atom. The third kappa shape index (κ3) is 3.62. The summed E-state index contributed by atoms with van der Waals surface area (Å²) in [7, 11) is -3.06. The minimum atomic E-state index is -3.06. The van der Waals surface area contributed by atoms with E-state index < -0.39 is 10.0 Å². The van der Waals surface area contributed by atoms with Gasteiger partial charge in [-0.2, -0.15) is 0 Å². The molecule has 0 aromatic carbocycles. The second-order valence-electron chi connectivity index (χ2n) is 3.85. The summed E-state index contributed by atoms with van der Waals surface area (Å²) in [6, 6.07) is 0.178. The predicted octanol–water partition coefficient (Wildman–Crippen LogP) is 0.0531. The Morgan fingerprint density at radius 2 is 2.08 bits per heavy atom. The van der Waals surface area contributed by atoms with Crippen LogP contribution in [0.4, 0.5) is 0 Å². The second-order valence-corrected chi connectivity index (χ2v) is 5.73. The number of sulfonamides is 1. The largest absolute Gasteiger partial charge is 0.330 e. The normalized spacial score (nSPS) is 28.5. The maximum absolute atomic E-state index is 11.3. The molecule has 0 aromatic rings. The summed E-state index contributed by atoms with van der Waals surface area (Å²) in [5.41, 5.74) is 5.24. The molecule has 1 fully saturated rings. The van der Waals surface area contributed by atoms with Crippen LogP contribution in [0, 0.1) is 5.92 Å². The molecule has 0 amide bonds. The van der Waals surface area contributed by atoms with E-state index in [9.17, 15) is 8.42 Å². The van der Waals surface area contributed by atoms with Crippen molar-refractivity contribution in [3.63, 3.8) is 0 Å². The van der Waals surface area contributed by atoms with Crippen LogP contribution in [0.2, 0.25) is 0 Å². The summed E-state index contributed by atoms with van der Waals surface area (Å²) in [6.45, 7) is 2.56. The maximum atomic E-state index is 11.3. The summed E-state index contributed by atoms with van der Waals surface area (Å²) < 4.78 is 25.3. The highest BCUT2D eigenvalue weighted by Crippen LogP contribution is 2.26. The van der Waals surface area contributed by atoms with Crippen LogP contribution in [0.15, 0.2) is 0 Å². The van der Waals surface area contributed by atoms with E-state index in [2.05, 4.69) is 11.6 Å². The van der Waals surface area contributed by atoms with Gasteiger partial charge in [0.2, 0.25) is 10.0 Å². The number of nitrogens with two attached hydrogens (primary N) is 1. The Kier molecular flexibility index (Phi) is 3.70. The molecule has 0 spiro atoms. The molecule has 0 unspecified atom stereocenters. The quantitative estimate of drug-likeness (QED) is 0.668. The molecule has 0 aromatic heterocycles. The Hall–Kier alpha value is -0.130. The third-order valence-electron chi connectivity index (χ3n) is 2.34. The smallest absolute Gasteiger partial charge is 0.211 e. The van der Waals surface area contributed by atoms with Gasteiger partial charge in [-0.15, -0.1) is 0 Å². The van der Waals surface area contributed by atoms with Crippen molar-refractivity contribution in [1.29, 1.82) is 0 Å². The first kappa shape index (κ1) is 10.9. The molecule has 0 bridgehead atoms. The lowest BCUT2D eigenvalue weighted by Crippen LogP contribution is -2.44. The summed E-state index contributed by atoms with van der Waals surface area (Å²) in [5.74, 6) is 0.830. The number of hydrogen-bond acceptors (Lipinski definition) is 3. The van der Waals surface area contributed by atoms with E-state index in [1.165, 1.54) is 0 Å². The van der Waals surface area contributed by atoms with Crippen molar-refractivity contribution in [2.45, 2.75) is 32.2 Å². The molecular weight excluding hydrogens is 188 g/mol. The van der Waals surface area contributed by atoms with Crippen LogP contribution in [0.25, 0.3) is 0 Å². The molecule has 0 radical (unpaired) electrons. The molecule has 1 aliphatic rings. The van der Waals surface area contributed by atoms with Crippen molar-refractivity contribution in [2.24, 2.45) is 11.7 Å². The molecular formula is C8H18N2O2S. The summed E-state index contributed by atoms with van der Waals surface area (Å²) in [6.07, 6.45) is 2.49. The van der Waals surface area contributed by atoms with Crippen LogP contribution in [-0.4, -0.2) is 26.8 Å². The highest BCUT2D eigenvalue weighted by atomic mass is 32.2. The molecule has 13 heavy (non-hydrogen) atoms. The lowest BCUT2D eigenvalue weighted by atomic mass is 9.83. The van der Waals surface area contributed by atoms with Crippen molar-refractivity contribution in [2.75, 3.05) is 12.3 Å². The molecule has 0 saturated heterocycles. The maximum Gasteiger partial charge on any atom is 0.211 e. The van der Waals surface area contributed by atoms with Crippen molar-refractivity contribution < 1.29 is 8.42 Å². The van der Waals surface area contributed by atoms with Gasteiger partial charge in [0.15, 0.2) is 0 Å². The first-order valence-corrected chi connectivity index (χ1v) is 6.39. The minimum Gasteiger partial charge on any atom is -0.330 e. The molecule has 5 heteroatoms. The number of rotatable bonds is 5. The number of nitrogens with one attached hydrogen (secondary N) is 1. The molecule has 1 saturated carbocycles. The fourth-order valence-corrected chi connectivity index (χ4v) is 2.95. The predicted molar refractivity (Wildman–Crippen MR) is 52.8 cm³/mol. The standard InChI is InChI=1S/C8H18N2O2S/c1-7-5-8(6-7)10-13(11,12)4-2-3-9/h7-8,10H,2-6,9H2,1H3. The van der Waals surface area contributed by atoms with E-state index in [0.717, 1.165) is 12.8 Å². The van der Waals surface area contributed by atoms with Crippen LogP contribution in [0.5, 0.6) is 0 Å².